The van der Waals surface area contributed by atoms with Crippen molar-refractivity contribution < 1.29 is 17.9 Å². The molecule has 0 aromatic rings. The normalized spacial score (nSPS) is 18.6. The monoisotopic (exact) mass is 228 g/mol. The van der Waals surface area contributed by atoms with Gasteiger partial charge in [0, 0.05) is 13.5 Å². The van der Waals surface area contributed by atoms with Gasteiger partial charge in [-0.05, 0) is 19.8 Å². The van der Waals surface area contributed by atoms with E-state index in [2.05, 4.69) is 5.43 Å². The van der Waals surface area contributed by atoms with Crippen LogP contribution in [0.5, 0.6) is 0 Å². The molecule has 92 valence electrons. The average molecular weight is 228 g/mol. The maximum absolute atomic E-state index is 12.0. The standard InChI is InChI=1S/C9H19F3N2O/c1-4-8(2,15-3)7(14-13)5-6-9(10,11)12/h7,14H,4-6,13H2,1-3H3. The number of methoxy groups -OCH3 is 1. The number of hydrogen-bond acceptors (Lipinski definition) is 3. The molecule has 0 spiro atoms. The van der Waals surface area contributed by atoms with E-state index in [0.717, 1.165) is 0 Å². The third-order valence-corrected chi connectivity index (χ3v) is 2.82. The SMILES string of the molecule is CCC(C)(OC)C(CCC(F)(F)F)NN. The Morgan fingerprint density at radius 2 is 1.93 bits per heavy atom. The second-order valence-electron chi connectivity index (χ2n) is 3.74. The maximum atomic E-state index is 12.0. The summed E-state index contributed by atoms with van der Waals surface area (Å²) in [5.74, 6) is 5.24. The fourth-order valence-corrected chi connectivity index (χ4v) is 1.41. The third kappa shape index (κ3) is 4.81. The van der Waals surface area contributed by atoms with Gasteiger partial charge in [-0.2, -0.15) is 13.2 Å². The van der Waals surface area contributed by atoms with Crippen molar-refractivity contribution in [3.8, 4) is 0 Å². The molecule has 0 aromatic carbocycles. The maximum Gasteiger partial charge on any atom is 0.389 e. The van der Waals surface area contributed by atoms with Crippen LogP contribution in [-0.2, 0) is 4.74 Å². The summed E-state index contributed by atoms with van der Waals surface area (Å²) in [6.07, 6.45) is -4.51. The highest BCUT2D eigenvalue weighted by molar-refractivity contribution is 4.87. The van der Waals surface area contributed by atoms with Crippen LogP contribution in [0.15, 0.2) is 0 Å². The summed E-state index contributed by atoms with van der Waals surface area (Å²) in [6, 6.07) is -0.505. The van der Waals surface area contributed by atoms with Crippen LogP contribution in [0.4, 0.5) is 13.2 Å². The Bertz CT molecular complexity index is 181. The number of alkyl halides is 3. The van der Waals surface area contributed by atoms with Crippen molar-refractivity contribution in [3.05, 3.63) is 0 Å². The summed E-state index contributed by atoms with van der Waals surface area (Å²) in [7, 11) is 1.47. The van der Waals surface area contributed by atoms with Gasteiger partial charge < -0.3 is 4.74 Å². The lowest BCUT2D eigenvalue weighted by atomic mass is 9.90. The Hall–Kier alpha value is -0.330. The molecule has 0 aliphatic rings. The zero-order valence-corrected chi connectivity index (χ0v) is 9.32. The van der Waals surface area contributed by atoms with Crippen LogP contribution in [0, 0.1) is 0 Å². The van der Waals surface area contributed by atoms with E-state index >= 15 is 0 Å². The summed E-state index contributed by atoms with van der Waals surface area (Å²) >= 11 is 0. The first-order valence-electron chi connectivity index (χ1n) is 4.87. The minimum absolute atomic E-state index is 0.0851. The molecule has 3 nitrogen and oxygen atoms in total. The molecule has 2 unspecified atom stereocenters. The molecule has 0 amide bonds. The summed E-state index contributed by atoms with van der Waals surface area (Å²) in [4.78, 5) is 0. The first-order valence-corrected chi connectivity index (χ1v) is 4.87. The third-order valence-electron chi connectivity index (χ3n) is 2.82. The summed E-state index contributed by atoms with van der Waals surface area (Å²) in [6.45, 7) is 3.59. The van der Waals surface area contributed by atoms with E-state index in [-0.39, 0.29) is 6.42 Å². The number of rotatable bonds is 6. The van der Waals surface area contributed by atoms with E-state index in [1.807, 2.05) is 6.92 Å². The molecule has 0 saturated heterocycles. The number of nitrogens with one attached hydrogen (secondary N) is 1. The first-order chi connectivity index (χ1) is 6.79. The minimum atomic E-state index is -4.16. The van der Waals surface area contributed by atoms with Crippen molar-refractivity contribution >= 4 is 0 Å². The van der Waals surface area contributed by atoms with Crippen LogP contribution < -0.4 is 11.3 Å². The number of hydrazine groups is 1. The van der Waals surface area contributed by atoms with Crippen molar-refractivity contribution in [2.24, 2.45) is 5.84 Å². The zero-order valence-electron chi connectivity index (χ0n) is 9.32. The van der Waals surface area contributed by atoms with Crippen molar-refractivity contribution in [3.63, 3.8) is 0 Å². The van der Waals surface area contributed by atoms with Crippen LogP contribution in [0.1, 0.15) is 33.1 Å². The fourth-order valence-electron chi connectivity index (χ4n) is 1.41. The van der Waals surface area contributed by atoms with Crippen molar-refractivity contribution in [2.45, 2.75) is 50.9 Å². The van der Waals surface area contributed by atoms with Gasteiger partial charge in [0.05, 0.1) is 11.6 Å². The molecule has 0 aromatic heterocycles. The highest BCUT2D eigenvalue weighted by Crippen LogP contribution is 2.27. The van der Waals surface area contributed by atoms with Crippen molar-refractivity contribution in [1.82, 2.24) is 5.43 Å². The molecule has 0 fully saturated rings. The van der Waals surface area contributed by atoms with Gasteiger partial charge in [0.1, 0.15) is 0 Å². The van der Waals surface area contributed by atoms with Crippen LogP contribution in [-0.4, -0.2) is 24.9 Å². The Kier molecular flexibility index (Phi) is 5.55. The van der Waals surface area contributed by atoms with Gasteiger partial charge in [-0.25, -0.2) is 0 Å². The van der Waals surface area contributed by atoms with Gasteiger partial charge in [0.25, 0.3) is 0 Å². The molecule has 3 N–H and O–H groups in total. The van der Waals surface area contributed by atoms with E-state index in [1.165, 1.54) is 7.11 Å². The summed E-state index contributed by atoms with van der Waals surface area (Å²) in [5.41, 5.74) is 1.73. The lowest BCUT2D eigenvalue weighted by molar-refractivity contribution is -0.141. The molecule has 0 aliphatic heterocycles. The topological polar surface area (TPSA) is 47.3 Å². The minimum Gasteiger partial charge on any atom is -0.377 e. The predicted octanol–water partition coefficient (Wildman–Crippen LogP) is 1.98. The summed E-state index contributed by atoms with van der Waals surface area (Å²) < 4.78 is 41.3. The lowest BCUT2D eigenvalue weighted by Gasteiger charge is -2.35. The zero-order chi connectivity index (χ0) is 12.1. The molecule has 0 saturated carbocycles. The molecule has 0 heterocycles. The van der Waals surface area contributed by atoms with Gasteiger partial charge in [-0.3, -0.25) is 11.3 Å². The quantitative estimate of drug-likeness (QED) is 0.539. The highest BCUT2D eigenvalue weighted by Gasteiger charge is 2.35. The second kappa shape index (κ2) is 5.67. The Morgan fingerprint density at radius 3 is 2.20 bits per heavy atom. The Morgan fingerprint density at radius 1 is 1.40 bits per heavy atom. The fraction of sp³-hybridized carbons (Fsp3) is 1.00. The van der Waals surface area contributed by atoms with Gasteiger partial charge in [0.2, 0.25) is 0 Å². The van der Waals surface area contributed by atoms with Gasteiger partial charge in [-0.15, -0.1) is 0 Å². The molecule has 2 atom stereocenters. The molecular formula is C9H19F3N2O. The van der Waals surface area contributed by atoms with E-state index < -0.39 is 24.2 Å². The van der Waals surface area contributed by atoms with Crippen molar-refractivity contribution in [1.29, 1.82) is 0 Å². The second-order valence-corrected chi connectivity index (χ2v) is 3.74. The lowest BCUT2D eigenvalue weighted by Crippen LogP contribution is -2.52. The first kappa shape index (κ1) is 14.7. The van der Waals surface area contributed by atoms with E-state index in [9.17, 15) is 13.2 Å². The molecular weight excluding hydrogens is 209 g/mol. The predicted molar refractivity (Wildman–Crippen MR) is 52.1 cm³/mol. The van der Waals surface area contributed by atoms with Crippen LogP contribution in [0.25, 0.3) is 0 Å². The van der Waals surface area contributed by atoms with E-state index in [0.29, 0.717) is 6.42 Å². The number of ether oxygens (including phenoxy) is 1. The molecule has 0 bridgehead atoms. The van der Waals surface area contributed by atoms with Crippen LogP contribution >= 0.6 is 0 Å². The molecule has 0 aliphatic carbocycles. The largest absolute Gasteiger partial charge is 0.389 e. The highest BCUT2D eigenvalue weighted by atomic mass is 19.4. The number of hydrogen-bond donors (Lipinski definition) is 2. The smallest absolute Gasteiger partial charge is 0.377 e. The van der Waals surface area contributed by atoms with Crippen LogP contribution in [0.3, 0.4) is 0 Å². The van der Waals surface area contributed by atoms with Gasteiger partial charge in [-0.1, -0.05) is 6.92 Å². The van der Waals surface area contributed by atoms with Crippen molar-refractivity contribution in [2.75, 3.05) is 7.11 Å². The number of halogens is 3. The van der Waals surface area contributed by atoms with E-state index in [1.54, 1.807) is 6.92 Å². The van der Waals surface area contributed by atoms with Crippen LogP contribution in [0.2, 0.25) is 0 Å². The Labute approximate surface area is 88.1 Å². The number of nitrogens with two attached hydrogens (primary N) is 1. The van der Waals surface area contributed by atoms with E-state index in [4.69, 9.17) is 10.6 Å². The van der Waals surface area contributed by atoms with Gasteiger partial charge >= 0.3 is 6.18 Å². The molecule has 15 heavy (non-hydrogen) atoms. The Balaban J connectivity index is 4.35. The molecule has 0 rings (SSSR count). The molecule has 0 radical (unpaired) electrons. The molecule has 6 heteroatoms. The average Bonchev–Trinajstić information content (AvgIpc) is 2.16. The summed E-state index contributed by atoms with van der Waals surface area (Å²) in [5, 5.41) is 0. The van der Waals surface area contributed by atoms with Gasteiger partial charge in [0.15, 0.2) is 0 Å².